The van der Waals surface area contributed by atoms with Crippen LogP contribution < -0.4 is 63.1 Å². The lowest BCUT2D eigenvalue weighted by Gasteiger charge is -2.24. The Balaban J connectivity index is 0.000000139. The van der Waals surface area contributed by atoms with Crippen molar-refractivity contribution in [3.8, 4) is 23.0 Å². The van der Waals surface area contributed by atoms with Crippen LogP contribution in [0.2, 0.25) is 0 Å². The van der Waals surface area contributed by atoms with Gasteiger partial charge in [-0.25, -0.2) is 53.6 Å². The highest BCUT2D eigenvalue weighted by Crippen LogP contribution is 2.46. The van der Waals surface area contributed by atoms with Crippen LogP contribution in [0, 0.1) is 25.9 Å². The monoisotopic (exact) mass is 2170 g/mol. The first-order valence-corrected chi connectivity index (χ1v) is 46.2. The van der Waals surface area contributed by atoms with Crippen LogP contribution in [0.1, 0.15) is 89.5 Å². The Morgan fingerprint density at radius 1 is 0.483 bits per heavy atom. The summed E-state index contributed by atoms with van der Waals surface area (Å²) >= 11 is 14.5. The molecule has 12 heterocycles. The molecule has 25 nitrogen and oxygen atoms in total. The van der Waals surface area contributed by atoms with Crippen LogP contribution in [0.15, 0.2) is 120 Å². The minimum absolute atomic E-state index is 0.0305. The number of halogens is 12. The van der Waals surface area contributed by atoms with E-state index in [1.807, 2.05) is 57.5 Å². The average molecular weight is 2180 g/mol. The van der Waals surface area contributed by atoms with Gasteiger partial charge in [-0.3, -0.25) is 5.32 Å². The van der Waals surface area contributed by atoms with Crippen molar-refractivity contribution < 1.29 is 54.1 Å². The summed E-state index contributed by atoms with van der Waals surface area (Å²) in [6.45, 7) is 20.0. The molecule has 4 aromatic carbocycles. The van der Waals surface area contributed by atoms with Crippen molar-refractivity contribution in [1.82, 2.24) is 84.4 Å². The molecule has 16 rings (SSSR count). The van der Waals surface area contributed by atoms with Gasteiger partial charge >= 0.3 is 12.4 Å². The van der Waals surface area contributed by atoms with Crippen molar-refractivity contribution >= 4 is 205 Å². The predicted octanol–water partition coefficient (Wildman–Crippen LogP) is 17.1. The number of alkyl halides is 6. The molecule has 4 aliphatic rings. The van der Waals surface area contributed by atoms with E-state index in [1.54, 1.807) is 52.0 Å². The van der Waals surface area contributed by atoms with Crippen LogP contribution in [-0.4, -0.2) is 152 Å². The SMILES string of the molecule is CC(C)NCCCn1c(Sc2c(F)c3c(c(F)c2I)OCC3)nc2c(N)nccc21.CC(C)NCCCn1c(Sc2cc3c(cc2[123I])OCC3)nc2c(N)nccc21.CC(C)NCCCn1c(Sc2cc3c(cc2[124I])OCC3)nc2c(N)nccc21.Nc1ncnc2c1nc(Sc1cc3c(cc1I)OCC3)n2CCCNC(C([19F])([19F])[19F])C([19F])([19F])[19F]. The number of rotatable bonds is 28. The molecule has 0 saturated carbocycles. The lowest BCUT2D eigenvalue weighted by molar-refractivity contribution is -0.258. The molecule has 640 valence electrons. The number of nitrogen functional groups attached to an aromatic ring is 4. The van der Waals surface area contributed by atoms with E-state index in [1.165, 1.54) is 46.1 Å². The molecule has 120 heavy (non-hydrogen) atoms. The summed E-state index contributed by atoms with van der Waals surface area (Å²) < 4.78 is 140. The number of aromatic nitrogens is 13. The van der Waals surface area contributed by atoms with E-state index in [0.29, 0.717) is 87.7 Å². The molecule has 12 N–H and O–H groups in total. The first-order valence-electron chi connectivity index (χ1n) is 38.6. The number of ether oxygens (including phenoxy) is 4. The van der Waals surface area contributed by atoms with Gasteiger partial charge in [0, 0.05) is 120 Å². The number of anilines is 4. The maximum Gasteiger partial charge on any atom is 0.412 e. The van der Waals surface area contributed by atoms with Crippen molar-refractivity contribution in [2.45, 2.75) is 196 Å². The largest absolute Gasteiger partial charge is 0.493 e. The zero-order chi connectivity index (χ0) is 85.4. The van der Waals surface area contributed by atoms with Crippen molar-refractivity contribution in [2.24, 2.45) is 0 Å². The van der Waals surface area contributed by atoms with Crippen LogP contribution in [0.25, 0.3) is 44.3 Å². The predicted molar refractivity (Wildman–Crippen MR) is 487 cm³/mol. The Morgan fingerprint density at radius 3 is 1.38 bits per heavy atom. The first kappa shape index (κ1) is 91.0. The van der Waals surface area contributed by atoms with Crippen LogP contribution in [0.5, 0.6) is 23.0 Å². The number of hydrogen-bond acceptors (Lipinski definition) is 25. The number of hydrogen-bond donors (Lipinski definition) is 8. The number of nitrogens with zero attached hydrogens (tertiary/aromatic N) is 13. The topological polar surface area (TPSA) is 325 Å². The van der Waals surface area contributed by atoms with E-state index in [0.717, 1.165) is 165 Å². The van der Waals surface area contributed by atoms with Gasteiger partial charge in [-0.2, -0.15) is 26.3 Å². The third-order valence-electron chi connectivity index (χ3n) is 19.4. The number of nitrogens with two attached hydrogens (primary N) is 4. The Labute approximate surface area is 758 Å². The second-order valence-corrected chi connectivity index (χ2v) is 37.6. The summed E-state index contributed by atoms with van der Waals surface area (Å²) in [5, 5.41) is 14.8. The Kier molecular flexibility index (Phi) is 30.7. The number of fused-ring (bicyclic) bond motifs is 8. The van der Waals surface area contributed by atoms with E-state index >= 15 is 4.39 Å². The van der Waals surface area contributed by atoms with Gasteiger partial charge in [-0.05, 0) is 225 Å². The van der Waals surface area contributed by atoms with Crippen molar-refractivity contribution in [1.29, 1.82) is 0 Å². The average Bonchev–Trinajstić information content (AvgIpc) is 1.57. The van der Waals surface area contributed by atoms with Crippen molar-refractivity contribution in [3.05, 3.63) is 128 Å². The number of imidazole rings is 4. The third kappa shape index (κ3) is 21.8. The molecule has 0 aliphatic carbocycles. The molecule has 0 radical (unpaired) electrons. The van der Waals surface area contributed by atoms with Gasteiger partial charge in [-0.15, -0.1) is 0 Å². The summed E-state index contributed by atoms with van der Waals surface area (Å²) in [7, 11) is 0. The van der Waals surface area contributed by atoms with Crippen LogP contribution >= 0.6 is 137 Å². The van der Waals surface area contributed by atoms with E-state index in [-0.39, 0.29) is 39.6 Å². The number of pyridine rings is 3. The van der Waals surface area contributed by atoms with Crippen LogP contribution in [0.4, 0.5) is 58.4 Å². The smallest absolute Gasteiger partial charge is 0.412 e. The second-order valence-electron chi connectivity index (χ2n) is 29.1. The fraction of sp³-hybridized carbons (Fsp3) is 0.405. The minimum atomic E-state index is -5.45. The summed E-state index contributed by atoms with van der Waals surface area (Å²) in [5.74, 6) is 3.31. The summed E-state index contributed by atoms with van der Waals surface area (Å²) in [6, 6.07) is 16.2. The lowest BCUT2D eigenvalue weighted by Crippen LogP contribution is -2.52. The fourth-order valence-corrected chi connectivity index (χ4v) is 20.7. The molecule has 4 aliphatic heterocycles. The first-order chi connectivity index (χ1) is 57.4. The van der Waals surface area contributed by atoms with Gasteiger partial charge in [0.05, 0.1) is 51.4 Å². The summed E-state index contributed by atoms with van der Waals surface area (Å²) in [4.78, 5) is 42.9. The minimum Gasteiger partial charge on any atom is -0.493 e. The molecule has 0 unspecified atom stereocenters. The van der Waals surface area contributed by atoms with E-state index in [2.05, 4.69) is 194 Å². The number of aryl methyl sites for hydroxylation is 4. The van der Waals surface area contributed by atoms with Crippen LogP contribution in [-0.2, 0) is 51.9 Å². The molecule has 12 aromatic rings. The summed E-state index contributed by atoms with van der Waals surface area (Å²) in [5.41, 5.74) is 33.7. The van der Waals surface area contributed by atoms with Gasteiger partial charge in [0.25, 0.3) is 0 Å². The van der Waals surface area contributed by atoms with E-state index < -0.39 is 36.6 Å². The second kappa shape index (κ2) is 40.5. The molecular formula is C79H87F8I4N21O4S4. The Hall–Kier alpha value is -6.71. The van der Waals surface area contributed by atoms with Crippen LogP contribution in [0.3, 0.4) is 0 Å². The van der Waals surface area contributed by atoms with E-state index in [4.69, 9.17) is 51.9 Å². The van der Waals surface area contributed by atoms with Gasteiger partial charge in [0.1, 0.15) is 45.9 Å². The molecular weight excluding hydrogens is 2090 g/mol. The maximum atomic E-state index is 15.2. The van der Waals surface area contributed by atoms with Crippen molar-refractivity contribution in [3.63, 3.8) is 0 Å². The lowest BCUT2D eigenvalue weighted by atomic mass is 10.1. The van der Waals surface area contributed by atoms with Gasteiger partial charge in [-0.1, -0.05) is 76.8 Å². The number of nitrogens with one attached hydrogen (secondary N) is 4. The standard InChI is InChI=1S/C20H22F2IN5OS.2C20H24IN5OS.C19H17F6IN6OS/c1-10(2)25-6-3-8-28-12-4-7-26-19(24)16(12)27-20(28)30-18-13(21)11-5-9-29-17(11)14(22)15(18)23;2*1-12(2)23-6-3-8-26-15-4-7-24-19(22)18(15)25-20(26)28-17-10-13-5-9-27-16(13)11-14(17)21;20-18(21,22)16(19(23,24)25)28-3-1-4-32-15-13(14(27)29-8-30-15)31-17(32)34-12-6-9-2-5-33-11(9)7-10(12)26/h4,7,10,25H,3,5-6,8-9H2,1-2H3,(H2,24,26);2*4,7,10-12,23H,3,5-6,8-9H2,1-2H3,(H2,22,24);6-8,16,28H,1-5H2,(H2,27,29,30)/i;21-3;21-4;20+0,21+0,22+0,23+0,24+0,25+0. The highest BCUT2D eigenvalue weighted by Gasteiger charge is 2.56. The molecule has 0 bridgehead atoms. The highest BCUT2D eigenvalue weighted by atomic mass is 127. The third-order valence-corrected chi connectivity index (χ3v) is 28.8. The zero-order valence-electron chi connectivity index (χ0n) is 65.9. The molecule has 0 spiro atoms. The molecule has 0 fully saturated rings. The van der Waals surface area contributed by atoms with Gasteiger partial charge in [0.15, 0.2) is 66.6 Å². The quantitative estimate of drug-likeness (QED) is 0.00977. The van der Waals surface area contributed by atoms with Crippen molar-refractivity contribution in [2.75, 3.05) is 75.5 Å². The normalized spacial score (nSPS) is 13.5. The molecule has 41 heteroatoms. The fourth-order valence-electron chi connectivity index (χ4n) is 13.6. The molecule has 0 saturated heterocycles. The maximum absolute atomic E-state index is 15.2. The Bertz CT molecular complexity index is 5510. The Morgan fingerprint density at radius 2 is 0.883 bits per heavy atom. The molecule has 0 atom stereocenters. The molecule has 8 aromatic heterocycles. The summed E-state index contributed by atoms with van der Waals surface area (Å²) in [6.07, 6.45) is 1.39. The number of benzene rings is 4. The van der Waals surface area contributed by atoms with Gasteiger partial charge in [0.2, 0.25) is 6.04 Å². The van der Waals surface area contributed by atoms with E-state index in [9.17, 15) is 30.7 Å². The van der Waals surface area contributed by atoms with Gasteiger partial charge < -0.3 is 76.1 Å². The zero-order valence-corrected chi connectivity index (χ0v) is 77.8. The molecule has 0 amide bonds. The highest BCUT2D eigenvalue weighted by molar-refractivity contribution is 14.1.